The van der Waals surface area contributed by atoms with Crippen molar-refractivity contribution in [2.24, 2.45) is 5.73 Å². The van der Waals surface area contributed by atoms with E-state index in [-0.39, 0.29) is 24.4 Å². The zero-order valence-electron chi connectivity index (χ0n) is 11.0. The minimum atomic E-state index is -0.224. The second kappa shape index (κ2) is 7.52. The van der Waals surface area contributed by atoms with E-state index in [4.69, 9.17) is 5.73 Å². The lowest BCUT2D eigenvalue weighted by atomic mass is 10.2. The van der Waals surface area contributed by atoms with Crippen molar-refractivity contribution in [3.63, 3.8) is 0 Å². The molecule has 0 aliphatic rings. The van der Waals surface area contributed by atoms with Gasteiger partial charge in [0.2, 0.25) is 0 Å². The Hall–Kier alpha value is -2.05. The molecule has 2 aromatic rings. The largest absolute Gasteiger partial charge is 0.350 e. The lowest BCUT2D eigenvalue weighted by Crippen LogP contribution is -2.35. The summed E-state index contributed by atoms with van der Waals surface area (Å²) in [6, 6.07) is 3.54. The quantitative estimate of drug-likeness (QED) is 0.878. The number of nitrogens with one attached hydrogen (secondary N) is 1. The number of nitrogens with two attached hydrogens (primary N) is 1. The molecule has 1 amide bonds. The molecule has 0 saturated heterocycles. The third kappa shape index (κ3) is 4.25. The van der Waals surface area contributed by atoms with E-state index in [0.29, 0.717) is 17.9 Å². The number of aromatic nitrogens is 3. The molecule has 0 aromatic carbocycles. The average molecular weight is 294 g/mol. The topological polar surface area (TPSA) is 93.8 Å². The summed E-state index contributed by atoms with van der Waals surface area (Å²) in [5.74, 6) is 0.338. The van der Waals surface area contributed by atoms with Crippen molar-refractivity contribution in [3.05, 3.63) is 42.5 Å². The van der Waals surface area contributed by atoms with Crippen molar-refractivity contribution < 1.29 is 4.79 Å². The second-order valence-electron chi connectivity index (χ2n) is 4.22. The number of hydrogen-bond acceptors (Lipinski definition) is 5. The zero-order valence-corrected chi connectivity index (χ0v) is 11.8. The Balaban J connectivity index is 0.00000200. The van der Waals surface area contributed by atoms with Crippen LogP contribution in [0.4, 0.5) is 0 Å². The first-order valence-electron chi connectivity index (χ1n) is 5.93. The third-order valence-corrected chi connectivity index (χ3v) is 2.44. The zero-order chi connectivity index (χ0) is 13.7. The van der Waals surface area contributed by atoms with Crippen molar-refractivity contribution in [1.82, 2.24) is 20.3 Å². The number of nitrogens with zero attached hydrogens (tertiary/aromatic N) is 3. The Morgan fingerprint density at radius 2 is 1.90 bits per heavy atom. The summed E-state index contributed by atoms with van der Waals surface area (Å²) < 4.78 is 0. The fourth-order valence-electron chi connectivity index (χ4n) is 1.45. The summed E-state index contributed by atoms with van der Waals surface area (Å²) in [5.41, 5.74) is 6.84. The number of hydrogen-bond donors (Lipinski definition) is 2. The van der Waals surface area contributed by atoms with Gasteiger partial charge in [0.1, 0.15) is 0 Å². The highest BCUT2D eigenvalue weighted by Gasteiger charge is 2.08. The molecular weight excluding hydrogens is 278 g/mol. The molecule has 6 nitrogen and oxygen atoms in total. The van der Waals surface area contributed by atoms with Gasteiger partial charge in [-0.05, 0) is 19.1 Å². The Bertz CT molecular complexity index is 544. The van der Waals surface area contributed by atoms with Gasteiger partial charge in [0.05, 0.1) is 5.56 Å². The molecule has 2 heterocycles. The summed E-state index contributed by atoms with van der Waals surface area (Å²) in [7, 11) is 0. The molecule has 1 atom stereocenters. The highest BCUT2D eigenvalue weighted by atomic mass is 35.5. The van der Waals surface area contributed by atoms with E-state index in [2.05, 4.69) is 20.3 Å². The molecule has 0 unspecified atom stereocenters. The standard InChI is InChI=1S/C13H15N5O.ClH/c1-9(14)6-18-13(19)11-7-16-12(17-8-11)10-2-4-15-5-3-10;/h2-5,7-9H,6,14H2,1H3,(H,18,19);1H/t9-;/m0./s1. The normalized spacial score (nSPS) is 11.3. The molecule has 0 aliphatic carbocycles. The van der Waals surface area contributed by atoms with Crippen LogP contribution in [0.25, 0.3) is 11.4 Å². The predicted octanol–water partition coefficient (Wildman–Crippen LogP) is 1.04. The van der Waals surface area contributed by atoms with Gasteiger partial charge in [0.15, 0.2) is 5.82 Å². The summed E-state index contributed by atoms with van der Waals surface area (Å²) >= 11 is 0. The maximum atomic E-state index is 11.7. The van der Waals surface area contributed by atoms with Crippen LogP contribution in [0.2, 0.25) is 0 Å². The first-order chi connectivity index (χ1) is 9.16. The van der Waals surface area contributed by atoms with E-state index < -0.39 is 0 Å². The SMILES string of the molecule is C[C@H](N)CNC(=O)c1cnc(-c2ccncc2)nc1.Cl. The van der Waals surface area contributed by atoms with Gasteiger partial charge in [-0.2, -0.15) is 0 Å². The maximum absolute atomic E-state index is 11.7. The van der Waals surface area contributed by atoms with E-state index in [1.165, 1.54) is 12.4 Å². The fourth-order valence-corrected chi connectivity index (χ4v) is 1.45. The molecule has 0 aliphatic heterocycles. The van der Waals surface area contributed by atoms with Crippen LogP contribution in [0.3, 0.4) is 0 Å². The van der Waals surface area contributed by atoms with E-state index in [1.54, 1.807) is 12.4 Å². The lowest BCUT2D eigenvalue weighted by Gasteiger charge is -2.07. The minimum absolute atomic E-state index is 0. The predicted molar refractivity (Wildman–Crippen MR) is 78.5 cm³/mol. The summed E-state index contributed by atoms with van der Waals surface area (Å²) in [6.07, 6.45) is 6.34. The molecular formula is C13H16ClN5O. The molecule has 106 valence electrons. The summed E-state index contributed by atoms with van der Waals surface area (Å²) in [4.78, 5) is 24.0. The number of carbonyl (C=O) groups excluding carboxylic acids is 1. The molecule has 0 spiro atoms. The van der Waals surface area contributed by atoms with Crippen molar-refractivity contribution in [2.75, 3.05) is 6.54 Å². The van der Waals surface area contributed by atoms with Crippen LogP contribution in [0.15, 0.2) is 36.9 Å². The second-order valence-corrected chi connectivity index (χ2v) is 4.22. The van der Waals surface area contributed by atoms with E-state index >= 15 is 0 Å². The van der Waals surface area contributed by atoms with Gasteiger partial charge in [-0.1, -0.05) is 0 Å². The molecule has 2 rings (SSSR count). The Morgan fingerprint density at radius 1 is 1.30 bits per heavy atom. The minimum Gasteiger partial charge on any atom is -0.350 e. The number of pyridine rings is 1. The van der Waals surface area contributed by atoms with Crippen LogP contribution in [0.1, 0.15) is 17.3 Å². The molecule has 2 aromatic heterocycles. The van der Waals surface area contributed by atoms with E-state index in [1.807, 2.05) is 19.1 Å². The third-order valence-electron chi connectivity index (χ3n) is 2.44. The average Bonchev–Trinajstić information content (AvgIpc) is 2.46. The molecule has 0 bridgehead atoms. The fraction of sp³-hybridized carbons (Fsp3) is 0.231. The maximum Gasteiger partial charge on any atom is 0.254 e. The highest BCUT2D eigenvalue weighted by Crippen LogP contribution is 2.12. The first-order valence-corrected chi connectivity index (χ1v) is 5.93. The van der Waals surface area contributed by atoms with Gasteiger partial charge in [0, 0.05) is 42.9 Å². The summed E-state index contributed by atoms with van der Waals surface area (Å²) in [5, 5.41) is 2.70. The van der Waals surface area contributed by atoms with Gasteiger partial charge in [-0.15, -0.1) is 12.4 Å². The molecule has 3 N–H and O–H groups in total. The van der Waals surface area contributed by atoms with Gasteiger partial charge in [0.25, 0.3) is 5.91 Å². The Morgan fingerprint density at radius 3 is 2.45 bits per heavy atom. The number of halogens is 1. The molecule has 0 saturated carbocycles. The van der Waals surface area contributed by atoms with Crippen LogP contribution in [-0.2, 0) is 0 Å². The van der Waals surface area contributed by atoms with Crippen molar-refractivity contribution in [3.8, 4) is 11.4 Å². The van der Waals surface area contributed by atoms with Crippen molar-refractivity contribution in [1.29, 1.82) is 0 Å². The lowest BCUT2D eigenvalue weighted by molar-refractivity contribution is 0.0951. The van der Waals surface area contributed by atoms with Crippen molar-refractivity contribution in [2.45, 2.75) is 13.0 Å². The van der Waals surface area contributed by atoms with Gasteiger partial charge in [-0.3, -0.25) is 9.78 Å². The van der Waals surface area contributed by atoms with Crippen LogP contribution in [0.5, 0.6) is 0 Å². The van der Waals surface area contributed by atoms with Crippen LogP contribution < -0.4 is 11.1 Å². The number of amides is 1. The number of rotatable bonds is 4. The molecule has 7 heteroatoms. The smallest absolute Gasteiger partial charge is 0.254 e. The number of carbonyl (C=O) groups is 1. The monoisotopic (exact) mass is 293 g/mol. The molecule has 0 fully saturated rings. The first kappa shape index (κ1) is 16.0. The highest BCUT2D eigenvalue weighted by molar-refractivity contribution is 5.93. The van der Waals surface area contributed by atoms with Crippen LogP contribution >= 0.6 is 12.4 Å². The van der Waals surface area contributed by atoms with E-state index in [0.717, 1.165) is 5.56 Å². The van der Waals surface area contributed by atoms with Crippen LogP contribution in [0, 0.1) is 0 Å². The molecule has 20 heavy (non-hydrogen) atoms. The van der Waals surface area contributed by atoms with Gasteiger partial charge < -0.3 is 11.1 Å². The summed E-state index contributed by atoms with van der Waals surface area (Å²) in [6.45, 7) is 2.24. The van der Waals surface area contributed by atoms with Crippen LogP contribution in [-0.4, -0.2) is 33.4 Å². The van der Waals surface area contributed by atoms with Gasteiger partial charge >= 0.3 is 0 Å². The Kier molecular flexibility index (Phi) is 6.02. The molecule has 0 radical (unpaired) electrons. The Labute approximate surface area is 123 Å². The van der Waals surface area contributed by atoms with E-state index in [9.17, 15) is 4.79 Å². The van der Waals surface area contributed by atoms with Gasteiger partial charge in [-0.25, -0.2) is 9.97 Å². The van der Waals surface area contributed by atoms with Crippen molar-refractivity contribution >= 4 is 18.3 Å².